The minimum Gasteiger partial charge on any atom is -0.351 e. The van der Waals surface area contributed by atoms with E-state index in [1.165, 1.54) is 28.7 Å². The average Bonchev–Trinajstić information content (AvgIpc) is 2.88. The van der Waals surface area contributed by atoms with E-state index in [4.69, 9.17) is 5.73 Å². The van der Waals surface area contributed by atoms with Crippen LogP contribution >= 0.6 is 23.1 Å². The van der Waals surface area contributed by atoms with Crippen LogP contribution < -0.4 is 16.4 Å². The number of nitrogens with one attached hydrogen (secondary N) is 2. The molecule has 1 atom stereocenters. The summed E-state index contributed by atoms with van der Waals surface area (Å²) in [6, 6.07) is 7.03. The Morgan fingerprint density at radius 1 is 1.27 bits per heavy atom. The minimum absolute atomic E-state index is 0.458. The van der Waals surface area contributed by atoms with Gasteiger partial charge in [-0.1, -0.05) is 40.8 Å². The van der Waals surface area contributed by atoms with Gasteiger partial charge < -0.3 is 11.1 Å². The number of carbonyl (C=O) groups is 2. The molecule has 0 radical (unpaired) electrons. The molecule has 0 aliphatic rings. The zero-order valence-electron chi connectivity index (χ0n) is 12.0. The average molecular weight is 337 g/mol. The van der Waals surface area contributed by atoms with Gasteiger partial charge in [0.2, 0.25) is 11.0 Å². The second kappa shape index (κ2) is 7.23. The van der Waals surface area contributed by atoms with E-state index in [0.29, 0.717) is 9.47 Å². The summed E-state index contributed by atoms with van der Waals surface area (Å²) in [5, 5.41) is 13.3. The standard InChI is InChI=1S/C13H15N5O2S2/c1-7-3-5-9(6-4-7)15-12-17-18-13(22-12)21-8(2)10(19)16-11(14)20/h3-6,8H,1-2H3,(H,15,17)(H3,14,16,19,20)/t8-/m1/s1. The first kappa shape index (κ1) is 16.2. The fourth-order valence-electron chi connectivity index (χ4n) is 1.50. The normalized spacial score (nSPS) is 11.7. The van der Waals surface area contributed by atoms with Crippen LogP contribution in [-0.4, -0.2) is 27.4 Å². The predicted molar refractivity (Wildman–Crippen MR) is 87.4 cm³/mol. The molecule has 1 heterocycles. The first-order valence-corrected chi connectivity index (χ1v) is 8.08. The van der Waals surface area contributed by atoms with Crippen molar-refractivity contribution in [3.8, 4) is 0 Å². The second-order valence-corrected chi connectivity index (χ2v) is 7.04. The number of imide groups is 1. The van der Waals surface area contributed by atoms with Gasteiger partial charge >= 0.3 is 6.03 Å². The summed E-state index contributed by atoms with van der Waals surface area (Å²) in [6.45, 7) is 3.68. The molecule has 1 aromatic heterocycles. The molecule has 1 aromatic carbocycles. The number of hydrogen-bond acceptors (Lipinski definition) is 7. The number of primary amides is 1. The van der Waals surface area contributed by atoms with Gasteiger partial charge in [-0.3, -0.25) is 10.1 Å². The third-order valence-corrected chi connectivity index (χ3v) is 4.63. The lowest BCUT2D eigenvalue weighted by Crippen LogP contribution is -2.39. The van der Waals surface area contributed by atoms with Crippen molar-refractivity contribution in [2.24, 2.45) is 5.73 Å². The number of aromatic nitrogens is 2. The molecule has 0 fully saturated rings. The van der Waals surface area contributed by atoms with Crippen LogP contribution in [0.3, 0.4) is 0 Å². The number of thioether (sulfide) groups is 1. The molecule has 7 nitrogen and oxygen atoms in total. The fourth-order valence-corrected chi connectivity index (χ4v) is 3.41. The van der Waals surface area contributed by atoms with Gasteiger partial charge in [0.1, 0.15) is 0 Å². The minimum atomic E-state index is -0.864. The van der Waals surface area contributed by atoms with Crippen LogP contribution in [0.2, 0.25) is 0 Å². The van der Waals surface area contributed by atoms with Crippen LogP contribution in [-0.2, 0) is 4.79 Å². The number of benzene rings is 1. The monoisotopic (exact) mass is 337 g/mol. The molecule has 0 bridgehead atoms. The number of anilines is 2. The van der Waals surface area contributed by atoms with Crippen molar-refractivity contribution in [2.75, 3.05) is 5.32 Å². The third-order valence-electron chi connectivity index (χ3n) is 2.60. The highest BCUT2D eigenvalue weighted by Gasteiger charge is 2.18. The van der Waals surface area contributed by atoms with Crippen molar-refractivity contribution in [2.45, 2.75) is 23.4 Å². The zero-order chi connectivity index (χ0) is 16.1. The van der Waals surface area contributed by atoms with E-state index < -0.39 is 17.2 Å². The maximum absolute atomic E-state index is 11.6. The highest BCUT2D eigenvalue weighted by atomic mass is 32.2. The van der Waals surface area contributed by atoms with Crippen LogP contribution in [0, 0.1) is 6.92 Å². The summed E-state index contributed by atoms with van der Waals surface area (Å²) in [7, 11) is 0. The Kier molecular flexibility index (Phi) is 5.34. The van der Waals surface area contributed by atoms with Crippen molar-refractivity contribution in [1.29, 1.82) is 0 Å². The van der Waals surface area contributed by atoms with Crippen molar-refractivity contribution in [3.63, 3.8) is 0 Å². The van der Waals surface area contributed by atoms with Crippen molar-refractivity contribution in [3.05, 3.63) is 29.8 Å². The van der Waals surface area contributed by atoms with Gasteiger partial charge in [-0.2, -0.15) is 0 Å². The molecule has 0 unspecified atom stereocenters. The number of urea groups is 1. The molecule has 0 aliphatic carbocycles. The van der Waals surface area contributed by atoms with E-state index >= 15 is 0 Å². The van der Waals surface area contributed by atoms with E-state index in [-0.39, 0.29) is 0 Å². The van der Waals surface area contributed by atoms with E-state index in [1.54, 1.807) is 6.92 Å². The number of nitrogens with two attached hydrogens (primary N) is 1. The Balaban J connectivity index is 1.95. The van der Waals surface area contributed by atoms with Crippen LogP contribution in [0.15, 0.2) is 28.6 Å². The summed E-state index contributed by atoms with van der Waals surface area (Å²) < 4.78 is 0.627. The van der Waals surface area contributed by atoms with Gasteiger partial charge in [0, 0.05) is 5.69 Å². The van der Waals surface area contributed by atoms with Crippen LogP contribution in [0.25, 0.3) is 0 Å². The predicted octanol–water partition coefficient (Wildman–Crippen LogP) is 2.27. The zero-order valence-corrected chi connectivity index (χ0v) is 13.6. The van der Waals surface area contributed by atoms with Gasteiger partial charge in [-0.15, -0.1) is 10.2 Å². The lowest BCUT2D eigenvalue weighted by Gasteiger charge is -2.06. The second-order valence-electron chi connectivity index (χ2n) is 4.48. The van der Waals surface area contributed by atoms with Gasteiger partial charge in [0.25, 0.3) is 0 Å². The van der Waals surface area contributed by atoms with Gasteiger partial charge in [-0.05, 0) is 26.0 Å². The molecule has 4 N–H and O–H groups in total. The Morgan fingerprint density at radius 2 is 1.95 bits per heavy atom. The Morgan fingerprint density at radius 3 is 2.59 bits per heavy atom. The SMILES string of the molecule is Cc1ccc(Nc2nnc(S[C@H](C)C(=O)NC(N)=O)s2)cc1. The third kappa shape index (κ3) is 4.71. The first-order chi connectivity index (χ1) is 10.4. The lowest BCUT2D eigenvalue weighted by molar-refractivity contribution is -0.119. The maximum Gasteiger partial charge on any atom is 0.318 e. The lowest BCUT2D eigenvalue weighted by atomic mass is 10.2. The van der Waals surface area contributed by atoms with Crippen molar-refractivity contribution in [1.82, 2.24) is 15.5 Å². The molecule has 0 saturated heterocycles. The molecule has 2 aromatic rings. The van der Waals surface area contributed by atoms with E-state index in [2.05, 4.69) is 15.5 Å². The highest BCUT2D eigenvalue weighted by molar-refractivity contribution is 8.02. The number of nitrogens with zero attached hydrogens (tertiary/aromatic N) is 2. The maximum atomic E-state index is 11.6. The molecular formula is C13H15N5O2S2. The van der Waals surface area contributed by atoms with Gasteiger partial charge in [0.15, 0.2) is 4.34 Å². The molecule has 2 rings (SSSR count). The quantitative estimate of drug-likeness (QED) is 0.722. The highest BCUT2D eigenvalue weighted by Crippen LogP contribution is 2.30. The first-order valence-electron chi connectivity index (χ1n) is 6.38. The van der Waals surface area contributed by atoms with E-state index in [1.807, 2.05) is 36.5 Å². The summed E-state index contributed by atoms with van der Waals surface area (Å²) in [6.07, 6.45) is 0. The summed E-state index contributed by atoms with van der Waals surface area (Å²) >= 11 is 2.54. The number of rotatable bonds is 5. The molecule has 116 valence electrons. The molecular weight excluding hydrogens is 322 g/mol. The molecule has 3 amide bonds. The molecule has 22 heavy (non-hydrogen) atoms. The summed E-state index contributed by atoms with van der Waals surface area (Å²) in [5.74, 6) is -0.458. The fraction of sp³-hybridized carbons (Fsp3) is 0.231. The summed E-state index contributed by atoms with van der Waals surface area (Å²) in [5.41, 5.74) is 7.00. The van der Waals surface area contributed by atoms with Crippen molar-refractivity contribution < 1.29 is 9.59 Å². The number of amides is 3. The number of hydrogen-bond donors (Lipinski definition) is 3. The Labute approximate surface area is 135 Å². The number of carbonyl (C=O) groups excluding carboxylic acids is 2. The largest absolute Gasteiger partial charge is 0.351 e. The van der Waals surface area contributed by atoms with Crippen molar-refractivity contribution >= 4 is 45.9 Å². The van der Waals surface area contributed by atoms with E-state index in [0.717, 1.165) is 5.69 Å². The van der Waals surface area contributed by atoms with E-state index in [9.17, 15) is 9.59 Å². The summed E-state index contributed by atoms with van der Waals surface area (Å²) in [4.78, 5) is 22.2. The molecule has 0 saturated carbocycles. The number of aryl methyl sites for hydroxylation is 1. The topological polar surface area (TPSA) is 110 Å². The molecule has 9 heteroatoms. The molecule has 0 spiro atoms. The van der Waals surface area contributed by atoms with Crippen LogP contribution in [0.1, 0.15) is 12.5 Å². The van der Waals surface area contributed by atoms with Crippen LogP contribution in [0.4, 0.5) is 15.6 Å². The van der Waals surface area contributed by atoms with Gasteiger partial charge in [-0.25, -0.2) is 4.79 Å². The van der Waals surface area contributed by atoms with Crippen LogP contribution in [0.5, 0.6) is 0 Å². The molecule has 0 aliphatic heterocycles. The Bertz CT molecular complexity index is 671. The smallest absolute Gasteiger partial charge is 0.318 e. The van der Waals surface area contributed by atoms with Gasteiger partial charge in [0.05, 0.1) is 5.25 Å². The Hall–Kier alpha value is -2.13.